The van der Waals surface area contributed by atoms with Crippen molar-refractivity contribution in [1.82, 2.24) is 29.4 Å². The molecule has 1 aliphatic heterocycles. The second kappa shape index (κ2) is 8.61. The molecule has 0 aliphatic carbocycles. The molecule has 8 nitrogen and oxygen atoms in total. The molecule has 1 saturated heterocycles. The van der Waals surface area contributed by atoms with Crippen LogP contribution in [0.25, 0.3) is 5.69 Å². The number of aromatic nitrogens is 5. The Morgan fingerprint density at radius 2 is 1.90 bits per heavy atom. The van der Waals surface area contributed by atoms with E-state index in [9.17, 15) is 9.59 Å². The van der Waals surface area contributed by atoms with Crippen LogP contribution in [0.3, 0.4) is 0 Å². The molecule has 0 N–H and O–H groups in total. The van der Waals surface area contributed by atoms with Gasteiger partial charge in [-0.15, -0.1) is 5.10 Å². The highest BCUT2D eigenvalue weighted by atomic mass is 16.2. The number of likely N-dealkylation sites (tertiary alicyclic amines) is 1. The van der Waals surface area contributed by atoms with Crippen molar-refractivity contribution in [3.63, 3.8) is 0 Å². The van der Waals surface area contributed by atoms with E-state index in [2.05, 4.69) is 15.2 Å². The van der Waals surface area contributed by atoms with Crippen molar-refractivity contribution in [2.24, 2.45) is 5.92 Å². The minimum Gasteiger partial charge on any atom is -0.337 e. The molecule has 30 heavy (non-hydrogen) atoms. The number of rotatable bonds is 5. The first kappa shape index (κ1) is 20.0. The fraction of sp³-hybridized carbons (Fsp3) is 0.409. The maximum absolute atomic E-state index is 12.8. The molecular weight excluding hydrogens is 380 g/mol. The molecule has 0 spiro atoms. The van der Waals surface area contributed by atoms with Gasteiger partial charge in [-0.1, -0.05) is 32.0 Å². The van der Waals surface area contributed by atoms with Gasteiger partial charge in [0.05, 0.1) is 23.9 Å². The van der Waals surface area contributed by atoms with Crippen LogP contribution in [0.4, 0.5) is 0 Å². The van der Waals surface area contributed by atoms with E-state index in [1.807, 2.05) is 49.1 Å². The van der Waals surface area contributed by atoms with Gasteiger partial charge in [-0.3, -0.25) is 14.2 Å². The Morgan fingerprint density at radius 1 is 1.17 bits per heavy atom. The van der Waals surface area contributed by atoms with Crippen molar-refractivity contribution >= 4 is 5.91 Å². The Kier molecular flexibility index (Phi) is 5.74. The molecule has 4 rings (SSSR count). The molecule has 3 aromatic rings. The average Bonchev–Trinajstić information content (AvgIpc) is 3.26. The first-order chi connectivity index (χ1) is 14.5. The second-order valence-electron chi connectivity index (χ2n) is 8.05. The van der Waals surface area contributed by atoms with Gasteiger partial charge in [0, 0.05) is 25.7 Å². The lowest BCUT2D eigenvalue weighted by molar-refractivity contribution is 0.0676. The first-order valence-electron chi connectivity index (χ1n) is 10.3. The smallest absolute Gasteiger partial charge is 0.276 e. The first-order valence-corrected chi connectivity index (χ1v) is 10.3. The molecule has 0 radical (unpaired) electrons. The number of piperidine rings is 1. The minimum atomic E-state index is -0.101. The number of hydrogen-bond donors (Lipinski definition) is 0. The number of amides is 1. The molecule has 1 fully saturated rings. The van der Waals surface area contributed by atoms with Crippen LogP contribution in [0.15, 0.2) is 53.7 Å². The maximum Gasteiger partial charge on any atom is 0.276 e. The summed E-state index contributed by atoms with van der Waals surface area (Å²) in [5.41, 5.74) is 1.98. The van der Waals surface area contributed by atoms with Gasteiger partial charge in [0.15, 0.2) is 5.69 Å². The monoisotopic (exact) mass is 406 g/mol. The lowest BCUT2D eigenvalue weighted by Gasteiger charge is -2.31. The maximum atomic E-state index is 12.8. The Labute approximate surface area is 175 Å². The van der Waals surface area contributed by atoms with Crippen LogP contribution in [-0.2, 0) is 6.54 Å². The summed E-state index contributed by atoms with van der Waals surface area (Å²) in [6.45, 7) is 5.98. The summed E-state index contributed by atoms with van der Waals surface area (Å²) in [7, 11) is 0. The van der Waals surface area contributed by atoms with Crippen molar-refractivity contribution in [2.75, 3.05) is 13.1 Å². The normalized spacial score (nSPS) is 15.0. The van der Waals surface area contributed by atoms with Crippen molar-refractivity contribution < 1.29 is 4.79 Å². The van der Waals surface area contributed by atoms with Crippen molar-refractivity contribution in [3.8, 4) is 5.69 Å². The van der Waals surface area contributed by atoms with E-state index in [0.29, 0.717) is 31.2 Å². The Hall–Kier alpha value is -3.29. The third kappa shape index (κ3) is 4.32. The van der Waals surface area contributed by atoms with Gasteiger partial charge in [0.1, 0.15) is 0 Å². The van der Waals surface area contributed by atoms with E-state index >= 15 is 0 Å². The highest BCUT2D eigenvalue weighted by Crippen LogP contribution is 2.20. The number of carbonyl (C=O) groups excluding carboxylic acids is 1. The molecule has 1 amide bonds. The topological polar surface area (TPSA) is 85.9 Å². The molecule has 3 heterocycles. The summed E-state index contributed by atoms with van der Waals surface area (Å²) in [4.78, 5) is 32.8. The fourth-order valence-electron chi connectivity index (χ4n) is 3.70. The third-order valence-electron chi connectivity index (χ3n) is 5.55. The van der Waals surface area contributed by atoms with Crippen LogP contribution >= 0.6 is 0 Å². The van der Waals surface area contributed by atoms with Gasteiger partial charge >= 0.3 is 0 Å². The van der Waals surface area contributed by atoms with Crippen molar-refractivity contribution in [1.29, 1.82) is 0 Å². The molecule has 156 valence electrons. The molecule has 2 aromatic heterocycles. The zero-order chi connectivity index (χ0) is 21.1. The lowest BCUT2D eigenvalue weighted by atomic mass is 9.96. The van der Waals surface area contributed by atoms with Crippen LogP contribution in [-0.4, -0.2) is 48.4 Å². The van der Waals surface area contributed by atoms with Crippen LogP contribution in [0.2, 0.25) is 0 Å². The highest BCUT2D eigenvalue weighted by Gasteiger charge is 2.26. The van der Waals surface area contributed by atoms with E-state index in [0.717, 1.165) is 24.2 Å². The van der Waals surface area contributed by atoms with Crippen LogP contribution < -0.4 is 5.56 Å². The van der Waals surface area contributed by atoms with Crippen molar-refractivity contribution in [2.45, 2.75) is 39.2 Å². The predicted octanol–water partition coefficient (Wildman–Crippen LogP) is 2.50. The van der Waals surface area contributed by atoms with E-state index < -0.39 is 0 Å². The molecule has 8 heteroatoms. The quantitative estimate of drug-likeness (QED) is 0.650. The van der Waals surface area contributed by atoms with Gasteiger partial charge < -0.3 is 4.90 Å². The van der Waals surface area contributed by atoms with Crippen LogP contribution in [0.5, 0.6) is 0 Å². The number of para-hydroxylation sites is 1. The standard InChI is InChI=1S/C22H26N6O2/c1-16(2)19-12-21(29)27(15-23-19)14-17-8-10-26(11-9-17)22(30)20-13-24-28(25-20)18-6-4-3-5-7-18/h3-7,12-13,15-17H,8-11,14H2,1-2H3. The second-order valence-corrected chi connectivity index (χ2v) is 8.05. The van der Waals surface area contributed by atoms with Crippen LogP contribution in [0, 0.1) is 5.92 Å². The summed E-state index contributed by atoms with van der Waals surface area (Å²) in [5, 5.41) is 8.55. The summed E-state index contributed by atoms with van der Waals surface area (Å²) in [6, 6.07) is 11.1. The van der Waals surface area contributed by atoms with Crippen LogP contribution in [0.1, 0.15) is 48.8 Å². The van der Waals surface area contributed by atoms with Gasteiger partial charge in [0.25, 0.3) is 11.5 Å². The largest absolute Gasteiger partial charge is 0.337 e. The Bertz CT molecular complexity index is 1060. The predicted molar refractivity (Wildman–Crippen MR) is 113 cm³/mol. The molecular formula is C22H26N6O2. The van der Waals surface area contributed by atoms with Gasteiger partial charge in [-0.05, 0) is 36.8 Å². The van der Waals surface area contributed by atoms with E-state index in [-0.39, 0.29) is 17.4 Å². The molecule has 0 atom stereocenters. The zero-order valence-electron chi connectivity index (χ0n) is 17.3. The van der Waals surface area contributed by atoms with E-state index in [1.165, 1.54) is 11.0 Å². The molecule has 1 aromatic carbocycles. The lowest BCUT2D eigenvalue weighted by Crippen LogP contribution is -2.40. The summed E-state index contributed by atoms with van der Waals surface area (Å²) < 4.78 is 1.68. The number of carbonyl (C=O) groups is 1. The van der Waals surface area contributed by atoms with Gasteiger partial charge in [-0.25, -0.2) is 4.98 Å². The van der Waals surface area contributed by atoms with E-state index in [1.54, 1.807) is 17.0 Å². The molecule has 1 aliphatic rings. The number of benzene rings is 1. The van der Waals surface area contributed by atoms with Gasteiger partial charge in [-0.2, -0.15) is 9.90 Å². The average molecular weight is 406 g/mol. The van der Waals surface area contributed by atoms with E-state index in [4.69, 9.17) is 0 Å². The van der Waals surface area contributed by atoms with Gasteiger partial charge in [0.2, 0.25) is 0 Å². The fourth-order valence-corrected chi connectivity index (χ4v) is 3.70. The number of hydrogen-bond acceptors (Lipinski definition) is 5. The van der Waals surface area contributed by atoms with Crippen molar-refractivity contribution in [3.05, 3.63) is 70.7 Å². The third-order valence-corrected chi connectivity index (χ3v) is 5.55. The summed E-state index contributed by atoms with van der Waals surface area (Å²) in [5.74, 6) is 0.482. The SMILES string of the molecule is CC(C)c1cc(=O)n(CC2CCN(C(=O)c3cnn(-c4ccccc4)n3)CC2)cn1. The summed E-state index contributed by atoms with van der Waals surface area (Å²) >= 11 is 0. The highest BCUT2D eigenvalue weighted by molar-refractivity contribution is 5.92. The summed E-state index contributed by atoms with van der Waals surface area (Å²) in [6.07, 6.45) is 4.86. The zero-order valence-corrected chi connectivity index (χ0v) is 17.3. The molecule has 0 unspecified atom stereocenters. The number of nitrogens with zero attached hydrogens (tertiary/aromatic N) is 6. The Morgan fingerprint density at radius 3 is 2.57 bits per heavy atom. The molecule has 0 saturated carbocycles. The molecule has 0 bridgehead atoms. The Balaban J connectivity index is 1.35. The minimum absolute atomic E-state index is 0.00951.